The van der Waals surface area contributed by atoms with Crippen LogP contribution in [0.4, 0.5) is 0 Å². The molecule has 0 N–H and O–H groups in total. The molecule has 0 aliphatic heterocycles. The summed E-state index contributed by atoms with van der Waals surface area (Å²) in [4.78, 5) is 17.6. The number of para-hydroxylation sites is 1. The third kappa shape index (κ3) is 4.87. The summed E-state index contributed by atoms with van der Waals surface area (Å²) in [6, 6.07) is 11.8. The number of nitrogens with zero attached hydrogens (tertiary/aromatic N) is 3. The highest BCUT2D eigenvalue weighted by Crippen LogP contribution is 2.31. The van der Waals surface area contributed by atoms with E-state index in [1.807, 2.05) is 6.92 Å². The summed E-state index contributed by atoms with van der Waals surface area (Å²) in [5, 5.41) is 5.03. The van der Waals surface area contributed by atoms with E-state index in [1.165, 1.54) is 7.11 Å². The van der Waals surface area contributed by atoms with E-state index >= 15 is 0 Å². The number of carbonyl (C=O) groups excluding carboxylic acids is 1. The standard InChI is InChI=1S/C20H19Cl2N3O4/c1-3-28-10-11-29-20-23-18(14-9-8-13(21)12-16(14)22)25(24-20)19(26)15-6-4-5-7-17(15)27-2/h4-9,12H,3,10-11H2,1-2H3. The first-order chi connectivity index (χ1) is 14.0. The molecule has 0 spiro atoms. The van der Waals surface area contributed by atoms with E-state index in [1.54, 1.807) is 42.5 Å². The maximum Gasteiger partial charge on any atom is 0.336 e. The van der Waals surface area contributed by atoms with Gasteiger partial charge in [0.1, 0.15) is 12.4 Å². The van der Waals surface area contributed by atoms with Gasteiger partial charge in [0.15, 0.2) is 5.82 Å². The lowest BCUT2D eigenvalue weighted by molar-refractivity contribution is 0.0935. The van der Waals surface area contributed by atoms with Crippen LogP contribution in [0.15, 0.2) is 42.5 Å². The van der Waals surface area contributed by atoms with E-state index in [-0.39, 0.29) is 18.4 Å². The lowest BCUT2D eigenvalue weighted by atomic mass is 10.1. The van der Waals surface area contributed by atoms with Gasteiger partial charge in [0.25, 0.3) is 5.91 Å². The number of methoxy groups -OCH3 is 1. The Morgan fingerprint density at radius 2 is 1.93 bits per heavy atom. The second-order valence-corrected chi connectivity index (χ2v) is 6.65. The molecule has 0 fully saturated rings. The van der Waals surface area contributed by atoms with Crippen molar-refractivity contribution in [1.82, 2.24) is 14.8 Å². The predicted octanol–water partition coefficient (Wildman–Crippen LogP) is 4.36. The monoisotopic (exact) mass is 435 g/mol. The highest BCUT2D eigenvalue weighted by Gasteiger charge is 2.23. The molecule has 0 amide bonds. The summed E-state index contributed by atoms with van der Waals surface area (Å²) in [6.07, 6.45) is 0. The summed E-state index contributed by atoms with van der Waals surface area (Å²) in [7, 11) is 1.49. The molecule has 1 heterocycles. The Kier molecular flexibility index (Phi) is 7.09. The van der Waals surface area contributed by atoms with Crippen molar-refractivity contribution in [3.8, 4) is 23.1 Å². The topological polar surface area (TPSA) is 75.5 Å². The zero-order chi connectivity index (χ0) is 20.8. The Hall–Kier alpha value is -2.61. The Labute approximate surface area is 178 Å². The SMILES string of the molecule is CCOCCOc1nc(-c2ccc(Cl)cc2Cl)n(C(=O)c2ccccc2OC)n1. The molecule has 3 aromatic rings. The number of carbonyl (C=O) groups is 1. The molecule has 0 aliphatic rings. The molecule has 2 aromatic carbocycles. The molecule has 0 aliphatic carbocycles. The number of halogens is 2. The Balaban J connectivity index is 2.03. The van der Waals surface area contributed by atoms with E-state index in [9.17, 15) is 4.79 Å². The molecule has 1 aromatic heterocycles. The molecule has 3 rings (SSSR count). The summed E-state index contributed by atoms with van der Waals surface area (Å²) >= 11 is 12.3. The zero-order valence-electron chi connectivity index (χ0n) is 15.9. The van der Waals surface area contributed by atoms with Crippen LogP contribution in [-0.2, 0) is 4.74 Å². The van der Waals surface area contributed by atoms with Crippen LogP contribution in [0.1, 0.15) is 17.3 Å². The Morgan fingerprint density at radius 1 is 1.14 bits per heavy atom. The van der Waals surface area contributed by atoms with Crippen molar-refractivity contribution in [1.29, 1.82) is 0 Å². The maximum atomic E-state index is 13.2. The molecular formula is C20H19Cl2N3O4. The number of hydrogen-bond acceptors (Lipinski definition) is 6. The third-order valence-electron chi connectivity index (χ3n) is 3.95. The predicted molar refractivity (Wildman–Crippen MR) is 110 cm³/mol. The van der Waals surface area contributed by atoms with Crippen LogP contribution in [0.5, 0.6) is 11.8 Å². The molecule has 0 radical (unpaired) electrons. The molecule has 0 bridgehead atoms. The second kappa shape index (κ2) is 9.73. The highest BCUT2D eigenvalue weighted by molar-refractivity contribution is 6.36. The van der Waals surface area contributed by atoms with Gasteiger partial charge in [-0.25, -0.2) is 0 Å². The van der Waals surface area contributed by atoms with E-state index in [4.69, 9.17) is 37.4 Å². The van der Waals surface area contributed by atoms with Crippen LogP contribution in [0.2, 0.25) is 10.0 Å². The first-order valence-electron chi connectivity index (χ1n) is 8.86. The van der Waals surface area contributed by atoms with Gasteiger partial charge in [-0.3, -0.25) is 4.79 Å². The minimum Gasteiger partial charge on any atom is -0.496 e. The molecule has 0 unspecified atom stereocenters. The Morgan fingerprint density at radius 3 is 2.66 bits per heavy atom. The first kappa shape index (κ1) is 21.1. The molecule has 0 saturated heterocycles. The highest BCUT2D eigenvalue weighted by atomic mass is 35.5. The van der Waals surface area contributed by atoms with E-state index in [0.29, 0.717) is 40.1 Å². The Bertz CT molecular complexity index is 1010. The van der Waals surface area contributed by atoms with Crippen molar-refractivity contribution in [3.63, 3.8) is 0 Å². The fourth-order valence-electron chi connectivity index (χ4n) is 2.61. The van der Waals surface area contributed by atoms with Crippen molar-refractivity contribution in [2.75, 3.05) is 26.9 Å². The normalized spacial score (nSPS) is 10.8. The first-order valence-corrected chi connectivity index (χ1v) is 9.61. The molecule has 152 valence electrons. The largest absolute Gasteiger partial charge is 0.496 e. The third-order valence-corrected chi connectivity index (χ3v) is 4.50. The van der Waals surface area contributed by atoms with Crippen LogP contribution in [0, 0.1) is 0 Å². The molecule has 9 heteroatoms. The minimum atomic E-state index is -0.435. The number of benzene rings is 2. The van der Waals surface area contributed by atoms with Gasteiger partial charge in [0, 0.05) is 17.2 Å². The average molecular weight is 436 g/mol. The van der Waals surface area contributed by atoms with Crippen molar-refractivity contribution >= 4 is 29.1 Å². The summed E-state index contributed by atoms with van der Waals surface area (Å²) in [5.41, 5.74) is 0.818. The van der Waals surface area contributed by atoms with Gasteiger partial charge in [0.05, 0.1) is 24.3 Å². The van der Waals surface area contributed by atoms with Gasteiger partial charge in [-0.1, -0.05) is 35.3 Å². The summed E-state index contributed by atoms with van der Waals surface area (Å²) in [6.45, 7) is 3.08. The molecule has 0 saturated carbocycles. The zero-order valence-corrected chi connectivity index (χ0v) is 17.4. The molecule has 29 heavy (non-hydrogen) atoms. The van der Waals surface area contributed by atoms with E-state index < -0.39 is 5.91 Å². The summed E-state index contributed by atoms with van der Waals surface area (Å²) in [5.74, 6) is 0.213. The van der Waals surface area contributed by atoms with E-state index in [0.717, 1.165) is 4.68 Å². The quantitative estimate of drug-likeness (QED) is 0.489. The van der Waals surface area contributed by atoms with Crippen molar-refractivity contribution in [2.45, 2.75) is 6.92 Å². The molecule has 0 atom stereocenters. The number of rotatable bonds is 8. The van der Waals surface area contributed by atoms with Crippen molar-refractivity contribution < 1.29 is 19.0 Å². The number of aromatic nitrogens is 3. The average Bonchev–Trinajstić information content (AvgIpc) is 3.14. The van der Waals surface area contributed by atoms with E-state index in [2.05, 4.69) is 10.1 Å². The maximum absolute atomic E-state index is 13.2. The van der Waals surface area contributed by atoms with Gasteiger partial charge >= 0.3 is 6.01 Å². The summed E-state index contributed by atoms with van der Waals surface area (Å²) < 4.78 is 17.2. The smallest absolute Gasteiger partial charge is 0.336 e. The molecular weight excluding hydrogens is 417 g/mol. The van der Waals surface area contributed by atoms with Crippen molar-refractivity contribution in [3.05, 3.63) is 58.1 Å². The van der Waals surface area contributed by atoms with Crippen LogP contribution in [0.25, 0.3) is 11.4 Å². The van der Waals surface area contributed by atoms with Gasteiger partial charge < -0.3 is 14.2 Å². The fourth-order valence-corrected chi connectivity index (χ4v) is 3.11. The molecule has 7 nitrogen and oxygen atoms in total. The second-order valence-electron chi connectivity index (χ2n) is 5.80. The number of ether oxygens (including phenoxy) is 3. The van der Waals surface area contributed by atoms with Gasteiger partial charge in [-0.2, -0.15) is 9.67 Å². The lowest BCUT2D eigenvalue weighted by Gasteiger charge is -2.09. The van der Waals surface area contributed by atoms with Crippen LogP contribution in [0.3, 0.4) is 0 Å². The number of hydrogen-bond donors (Lipinski definition) is 0. The van der Waals surface area contributed by atoms with Crippen LogP contribution >= 0.6 is 23.2 Å². The van der Waals surface area contributed by atoms with Gasteiger partial charge in [-0.05, 0) is 37.3 Å². The van der Waals surface area contributed by atoms with Crippen LogP contribution in [-0.4, -0.2) is 47.6 Å². The van der Waals surface area contributed by atoms with Crippen LogP contribution < -0.4 is 9.47 Å². The van der Waals surface area contributed by atoms with Crippen molar-refractivity contribution in [2.24, 2.45) is 0 Å². The van der Waals surface area contributed by atoms with Gasteiger partial charge in [-0.15, -0.1) is 5.10 Å². The minimum absolute atomic E-state index is 0.0361. The fraction of sp³-hybridized carbons (Fsp3) is 0.250. The lowest BCUT2D eigenvalue weighted by Crippen LogP contribution is -2.16. The van der Waals surface area contributed by atoms with Gasteiger partial charge in [0.2, 0.25) is 0 Å².